The van der Waals surface area contributed by atoms with Crippen molar-refractivity contribution in [1.82, 2.24) is 19.8 Å². The summed E-state index contributed by atoms with van der Waals surface area (Å²) in [5.74, 6) is 0.687. The summed E-state index contributed by atoms with van der Waals surface area (Å²) in [5, 5.41) is 7.34. The molecule has 0 aromatic carbocycles. The molecule has 0 saturated carbocycles. The zero-order valence-corrected chi connectivity index (χ0v) is 11.8. The summed E-state index contributed by atoms with van der Waals surface area (Å²) in [6.45, 7) is 4.96. The Labute approximate surface area is 112 Å². The molecule has 1 amide bonds. The van der Waals surface area contributed by atoms with Crippen molar-refractivity contribution in [2.75, 3.05) is 26.7 Å². The number of hydrogen-bond donors (Lipinski definition) is 1. The van der Waals surface area contributed by atoms with Crippen LogP contribution in [0.25, 0.3) is 0 Å². The molecule has 1 aliphatic heterocycles. The molecule has 6 heteroatoms. The van der Waals surface area contributed by atoms with Crippen molar-refractivity contribution in [1.29, 1.82) is 0 Å². The summed E-state index contributed by atoms with van der Waals surface area (Å²) < 4.78 is 3.88. The van der Waals surface area contributed by atoms with Gasteiger partial charge in [0.25, 0.3) is 5.91 Å². The lowest BCUT2D eigenvalue weighted by Gasteiger charge is -2.27. The van der Waals surface area contributed by atoms with Crippen molar-refractivity contribution in [2.45, 2.75) is 26.2 Å². The first-order valence-corrected chi connectivity index (χ1v) is 7.27. The zero-order chi connectivity index (χ0) is 13.0. The van der Waals surface area contributed by atoms with E-state index in [1.807, 2.05) is 18.9 Å². The van der Waals surface area contributed by atoms with E-state index in [-0.39, 0.29) is 5.91 Å². The van der Waals surface area contributed by atoms with Crippen molar-refractivity contribution >= 4 is 17.4 Å². The van der Waals surface area contributed by atoms with Crippen LogP contribution >= 0.6 is 11.5 Å². The van der Waals surface area contributed by atoms with Crippen molar-refractivity contribution in [3.05, 3.63) is 10.6 Å². The van der Waals surface area contributed by atoms with Gasteiger partial charge in [0.05, 0.1) is 5.69 Å². The zero-order valence-electron chi connectivity index (χ0n) is 11.0. The normalized spacial score (nSPS) is 16.8. The van der Waals surface area contributed by atoms with Gasteiger partial charge in [-0.1, -0.05) is 11.4 Å². The van der Waals surface area contributed by atoms with Crippen LogP contribution in [-0.2, 0) is 6.42 Å². The summed E-state index contributed by atoms with van der Waals surface area (Å²) in [4.78, 5) is 14.8. The van der Waals surface area contributed by atoms with Crippen molar-refractivity contribution in [2.24, 2.45) is 5.92 Å². The maximum Gasteiger partial charge on any atom is 0.267 e. The minimum absolute atomic E-state index is 0.0698. The lowest BCUT2D eigenvalue weighted by molar-refractivity contribution is 0.0766. The van der Waals surface area contributed by atoms with Crippen LogP contribution in [0.1, 0.15) is 35.1 Å². The summed E-state index contributed by atoms with van der Waals surface area (Å²) in [5.41, 5.74) is 0.821. The molecule has 0 spiro atoms. The molecule has 1 N–H and O–H groups in total. The molecule has 1 aliphatic rings. The van der Waals surface area contributed by atoms with Crippen LogP contribution < -0.4 is 5.32 Å². The van der Waals surface area contributed by atoms with Gasteiger partial charge in [-0.3, -0.25) is 4.79 Å². The van der Waals surface area contributed by atoms with E-state index in [4.69, 9.17) is 0 Å². The molecule has 1 saturated heterocycles. The van der Waals surface area contributed by atoms with Gasteiger partial charge < -0.3 is 10.2 Å². The van der Waals surface area contributed by atoms with E-state index >= 15 is 0 Å². The smallest absolute Gasteiger partial charge is 0.267 e. The number of aryl methyl sites for hydroxylation is 1. The maximum atomic E-state index is 12.3. The average Bonchev–Trinajstić information content (AvgIpc) is 2.87. The van der Waals surface area contributed by atoms with Crippen molar-refractivity contribution in [3.63, 3.8) is 0 Å². The first-order chi connectivity index (χ1) is 8.72. The molecular weight excluding hydrogens is 248 g/mol. The average molecular weight is 268 g/mol. The highest BCUT2D eigenvalue weighted by Crippen LogP contribution is 2.17. The van der Waals surface area contributed by atoms with E-state index in [2.05, 4.69) is 14.9 Å². The Bertz CT molecular complexity index is 401. The van der Waals surface area contributed by atoms with Gasteiger partial charge in [0, 0.05) is 13.6 Å². The molecule has 0 aliphatic carbocycles. The molecule has 18 heavy (non-hydrogen) atoms. The summed E-state index contributed by atoms with van der Waals surface area (Å²) in [6, 6.07) is 0. The van der Waals surface area contributed by atoms with Gasteiger partial charge in [-0.25, -0.2) is 0 Å². The topological polar surface area (TPSA) is 58.1 Å². The predicted octanol–water partition coefficient (Wildman–Crippen LogP) is 1.17. The molecule has 0 bridgehead atoms. The van der Waals surface area contributed by atoms with E-state index in [1.54, 1.807) is 0 Å². The predicted molar refractivity (Wildman–Crippen MR) is 71.8 cm³/mol. The fourth-order valence-electron chi connectivity index (χ4n) is 2.31. The molecule has 1 fully saturated rings. The number of carbonyl (C=O) groups excluding carboxylic acids is 1. The fraction of sp³-hybridized carbons (Fsp3) is 0.750. The number of nitrogens with one attached hydrogen (secondary N) is 1. The monoisotopic (exact) mass is 268 g/mol. The Morgan fingerprint density at radius 3 is 2.89 bits per heavy atom. The summed E-state index contributed by atoms with van der Waals surface area (Å²) in [7, 11) is 1.88. The summed E-state index contributed by atoms with van der Waals surface area (Å²) in [6.07, 6.45) is 3.07. The number of rotatable bonds is 4. The first-order valence-electron chi connectivity index (χ1n) is 6.49. The summed E-state index contributed by atoms with van der Waals surface area (Å²) >= 11 is 1.21. The van der Waals surface area contributed by atoms with Gasteiger partial charge in [0.15, 0.2) is 0 Å². The number of hydrogen-bond acceptors (Lipinski definition) is 5. The lowest BCUT2D eigenvalue weighted by Crippen LogP contribution is -2.37. The minimum atomic E-state index is 0.0698. The van der Waals surface area contributed by atoms with Gasteiger partial charge >= 0.3 is 0 Å². The Kier molecular flexibility index (Phi) is 4.66. The van der Waals surface area contributed by atoms with Crippen molar-refractivity contribution < 1.29 is 4.79 Å². The Morgan fingerprint density at radius 1 is 1.50 bits per heavy atom. The third-order valence-electron chi connectivity index (χ3n) is 3.42. The molecule has 100 valence electrons. The lowest BCUT2D eigenvalue weighted by atomic mass is 9.97. The number of amides is 1. The van der Waals surface area contributed by atoms with E-state index in [9.17, 15) is 4.79 Å². The van der Waals surface area contributed by atoms with Crippen LogP contribution in [0.2, 0.25) is 0 Å². The SMILES string of the molecule is CCc1nnsc1C(=O)N(C)CC1CCNCC1. The molecule has 0 unspecified atom stereocenters. The minimum Gasteiger partial charge on any atom is -0.341 e. The van der Waals surface area contributed by atoms with Gasteiger partial charge in [-0.15, -0.1) is 5.10 Å². The van der Waals surface area contributed by atoms with Crippen LogP contribution in [0.4, 0.5) is 0 Å². The molecule has 1 aromatic rings. The van der Waals surface area contributed by atoms with Crippen molar-refractivity contribution in [3.8, 4) is 0 Å². The molecule has 0 atom stereocenters. The maximum absolute atomic E-state index is 12.3. The largest absolute Gasteiger partial charge is 0.341 e. The third-order valence-corrected chi connectivity index (χ3v) is 4.18. The number of carbonyl (C=O) groups is 1. The second-order valence-corrected chi connectivity index (χ2v) is 5.54. The van der Waals surface area contributed by atoms with E-state index < -0.39 is 0 Å². The van der Waals surface area contributed by atoms with E-state index in [0.29, 0.717) is 10.8 Å². The Hall–Kier alpha value is -1.01. The fourth-order valence-corrected chi connectivity index (χ4v) is 3.06. The Morgan fingerprint density at radius 2 is 2.22 bits per heavy atom. The van der Waals surface area contributed by atoms with Gasteiger partial charge in [0.1, 0.15) is 4.88 Å². The molecule has 2 rings (SSSR count). The second kappa shape index (κ2) is 6.24. The Balaban J connectivity index is 1.95. The molecule has 5 nitrogen and oxygen atoms in total. The number of nitrogens with zero attached hydrogens (tertiary/aromatic N) is 3. The third kappa shape index (κ3) is 3.05. The number of aromatic nitrogens is 2. The van der Waals surface area contributed by atoms with Crippen LogP contribution in [0, 0.1) is 5.92 Å². The quantitative estimate of drug-likeness (QED) is 0.890. The molecule has 2 heterocycles. The highest BCUT2D eigenvalue weighted by atomic mass is 32.1. The van der Waals surface area contributed by atoms with Gasteiger partial charge in [-0.05, 0) is 49.8 Å². The molecular formula is C12H20N4OS. The highest BCUT2D eigenvalue weighted by molar-refractivity contribution is 7.07. The van der Waals surface area contributed by atoms with Gasteiger partial charge in [0.2, 0.25) is 0 Å². The van der Waals surface area contributed by atoms with Crippen LogP contribution in [0.5, 0.6) is 0 Å². The van der Waals surface area contributed by atoms with Gasteiger partial charge in [-0.2, -0.15) is 0 Å². The van der Waals surface area contributed by atoms with E-state index in [1.165, 1.54) is 11.5 Å². The molecule has 0 radical (unpaired) electrons. The first kappa shape index (κ1) is 13.4. The van der Waals surface area contributed by atoms with Crippen LogP contribution in [0.15, 0.2) is 0 Å². The van der Waals surface area contributed by atoms with Crippen LogP contribution in [0.3, 0.4) is 0 Å². The molecule has 1 aromatic heterocycles. The standard InChI is InChI=1S/C12H20N4OS/c1-3-10-11(18-15-14-10)12(17)16(2)8-9-4-6-13-7-5-9/h9,13H,3-8H2,1-2H3. The van der Waals surface area contributed by atoms with E-state index in [0.717, 1.165) is 44.6 Å². The highest BCUT2D eigenvalue weighted by Gasteiger charge is 2.22. The second-order valence-electron chi connectivity index (χ2n) is 4.78. The number of piperidine rings is 1. The van der Waals surface area contributed by atoms with Crippen LogP contribution in [-0.4, -0.2) is 47.1 Å².